The van der Waals surface area contributed by atoms with E-state index in [0.29, 0.717) is 0 Å². The van der Waals surface area contributed by atoms with E-state index in [1.807, 2.05) is 6.33 Å². The maximum atomic E-state index is 9.43. The monoisotopic (exact) mass is 261 g/mol. The van der Waals surface area contributed by atoms with Crippen LogP contribution in [0, 0.1) is 13.8 Å². The van der Waals surface area contributed by atoms with Gasteiger partial charge in [-0.15, -0.1) is 0 Å². The van der Waals surface area contributed by atoms with Gasteiger partial charge in [0.05, 0.1) is 24.0 Å². The molecule has 2 N–H and O–H groups in total. The molecule has 0 saturated heterocycles. The van der Waals surface area contributed by atoms with Gasteiger partial charge in [0.1, 0.15) is 0 Å². The summed E-state index contributed by atoms with van der Waals surface area (Å²) in [6.07, 6.45) is 2.93. The molecule has 1 atom stereocenters. The van der Waals surface area contributed by atoms with Gasteiger partial charge < -0.3 is 15.0 Å². The van der Waals surface area contributed by atoms with Crippen LogP contribution in [-0.4, -0.2) is 33.9 Å². The molecule has 1 heterocycles. The first-order valence-corrected chi connectivity index (χ1v) is 6.92. The standard InChI is InChI=1S/C15H23N3O/c1-4-5-16-13(9-19)8-18-10-17-14-6-11(2)12(3)7-15(14)18/h6-7,10,13,16,19H,4-5,8-9H2,1-3H3. The van der Waals surface area contributed by atoms with Crippen LogP contribution in [0.3, 0.4) is 0 Å². The van der Waals surface area contributed by atoms with E-state index in [1.54, 1.807) is 0 Å². The van der Waals surface area contributed by atoms with Gasteiger partial charge in [0.15, 0.2) is 0 Å². The van der Waals surface area contributed by atoms with Gasteiger partial charge in [0.2, 0.25) is 0 Å². The number of nitrogens with one attached hydrogen (secondary N) is 1. The second-order valence-electron chi connectivity index (χ2n) is 5.16. The molecule has 2 rings (SSSR count). The van der Waals surface area contributed by atoms with Crippen LogP contribution < -0.4 is 5.32 Å². The molecule has 0 bridgehead atoms. The lowest BCUT2D eigenvalue weighted by molar-refractivity contribution is 0.230. The van der Waals surface area contributed by atoms with E-state index in [1.165, 1.54) is 11.1 Å². The summed E-state index contributed by atoms with van der Waals surface area (Å²) < 4.78 is 2.12. The molecule has 1 aromatic carbocycles. The SMILES string of the molecule is CCCNC(CO)Cn1cnc2cc(C)c(C)cc21. The third kappa shape index (κ3) is 3.14. The van der Waals surface area contributed by atoms with E-state index in [4.69, 9.17) is 0 Å². The highest BCUT2D eigenvalue weighted by molar-refractivity contribution is 5.77. The highest BCUT2D eigenvalue weighted by atomic mass is 16.3. The molecular weight excluding hydrogens is 238 g/mol. The largest absolute Gasteiger partial charge is 0.395 e. The topological polar surface area (TPSA) is 50.1 Å². The Hall–Kier alpha value is -1.39. The Balaban J connectivity index is 2.22. The van der Waals surface area contributed by atoms with Crippen LogP contribution in [0.4, 0.5) is 0 Å². The number of aliphatic hydroxyl groups is 1. The normalized spacial score (nSPS) is 13.1. The van der Waals surface area contributed by atoms with Gasteiger partial charge in [-0.05, 0) is 50.1 Å². The summed E-state index contributed by atoms with van der Waals surface area (Å²) in [6, 6.07) is 4.37. The molecule has 0 saturated carbocycles. The molecule has 0 amide bonds. The minimum absolute atomic E-state index is 0.0824. The fourth-order valence-electron chi connectivity index (χ4n) is 2.23. The summed E-state index contributed by atoms with van der Waals surface area (Å²) in [5.74, 6) is 0. The van der Waals surface area contributed by atoms with Gasteiger partial charge in [0, 0.05) is 12.6 Å². The van der Waals surface area contributed by atoms with Crippen molar-refractivity contribution in [1.29, 1.82) is 0 Å². The average Bonchev–Trinajstić information content (AvgIpc) is 2.77. The molecule has 0 aliphatic heterocycles. The average molecular weight is 261 g/mol. The molecule has 1 aromatic heterocycles. The summed E-state index contributed by atoms with van der Waals surface area (Å²) in [6.45, 7) is 8.16. The molecule has 104 valence electrons. The van der Waals surface area contributed by atoms with E-state index in [-0.39, 0.29) is 12.6 Å². The zero-order chi connectivity index (χ0) is 13.8. The Kier molecular flexibility index (Phi) is 4.56. The van der Waals surface area contributed by atoms with E-state index in [9.17, 15) is 5.11 Å². The van der Waals surface area contributed by atoms with Crippen molar-refractivity contribution in [1.82, 2.24) is 14.9 Å². The number of aromatic nitrogens is 2. The van der Waals surface area contributed by atoms with Crippen molar-refractivity contribution < 1.29 is 5.11 Å². The second-order valence-corrected chi connectivity index (χ2v) is 5.16. The van der Waals surface area contributed by atoms with Gasteiger partial charge >= 0.3 is 0 Å². The number of nitrogens with zero attached hydrogens (tertiary/aromatic N) is 2. The zero-order valence-electron chi connectivity index (χ0n) is 12.0. The highest BCUT2D eigenvalue weighted by Gasteiger charge is 2.10. The van der Waals surface area contributed by atoms with Gasteiger partial charge in [-0.3, -0.25) is 0 Å². The van der Waals surface area contributed by atoms with Crippen LogP contribution in [0.1, 0.15) is 24.5 Å². The predicted octanol–water partition coefficient (Wildman–Crippen LogP) is 2.01. The summed E-state index contributed by atoms with van der Waals surface area (Å²) >= 11 is 0. The maximum Gasteiger partial charge on any atom is 0.0958 e. The number of aliphatic hydroxyl groups excluding tert-OH is 1. The van der Waals surface area contributed by atoms with Crippen molar-refractivity contribution >= 4 is 11.0 Å². The Morgan fingerprint density at radius 3 is 2.74 bits per heavy atom. The van der Waals surface area contributed by atoms with Crippen molar-refractivity contribution in [2.45, 2.75) is 39.8 Å². The third-order valence-corrected chi connectivity index (χ3v) is 3.56. The van der Waals surface area contributed by atoms with Gasteiger partial charge in [0.25, 0.3) is 0 Å². The fourth-order valence-corrected chi connectivity index (χ4v) is 2.23. The Labute approximate surface area is 114 Å². The van der Waals surface area contributed by atoms with Crippen LogP contribution in [0.25, 0.3) is 11.0 Å². The van der Waals surface area contributed by atoms with E-state index < -0.39 is 0 Å². The van der Waals surface area contributed by atoms with E-state index in [2.05, 4.69) is 47.8 Å². The van der Waals surface area contributed by atoms with Crippen LogP contribution in [0.5, 0.6) is 0 Å². The van der Waals surface area contributed by atoms with E-state index in [0.717, 1.165) is 30.5 Å². The number of aryl methyl sites for hydroxylation is 2. The molecule has 0 fully saturated rings. The summed E-state index contributed by atoms with van der Waals surface area (Å²) in [5, 5.41) is 12.8. The van der Waals surface area contributed by atoms with Gasteiger partial charge in [-0.25, -0.2) is 4.98 Å². The van der Waals surface area contributed by atoms with Crippen LogP contribution >= 0.6 is 0 Å². The number of fused-ring (bicyclic) bond motifs is 1. The number of imidazole rings is 1. The van der Waals surface area contributed by atoms with E-state index >= 15 is 0 Å². The number of hydrogen-bond acceptors (Lipinski definition) is 3. The minimum atomic E-state index is 0.0824. The molecule has 0 aliphatic carbocycles. The van der Waals surface area contributed by atoms with Gasteiger partial charge in [-0.1, -0.05) is 6.92 Å². The number of rotatable bonds is 6. The highest BCUT2D eigenvalue weighted by Crippen LogP contribution is 2.18. The molecule has 1 unspecified atom stereocenters. The van der Waals surface area contributed by atoms with Crippen molar-refractivity contribution in [3.63, 3.8) is 0 Å². The molecule has 4 nitrogen and oxygen atoms in total. The summed E-state index contributed by atoms with van der Waals surface area (Å²) in [4.78, 5) is 4.44. The second kappa shape index (κ2) is 6.17. The van der Waals surface area contributed by atoms with Crippen LogP contribution in [-0.2, 0) is 6.54 Å². The first-order valence-electron chi connectivity index (χ1n) is 6.92. The predicted molar refractivity (Wildman–Crippen MR) is 78.4 cm³/mol. The fraction of sp³-hybridized carbons (Fsp3) is 0.533. The molecule has 0 spiro atoms. The van der Waals surface area contributed by atoms with Gasteiger partial charge in [-0.2, -0.15) is 0 Å². The quantitative estimate of drug-likeness (QED) is 0.836. The molecule has 0 aliphatic rings. The molecular formula is C15H23N3O. The molecule has 19 heavy (non-hydrogen) atoms. The van der Waals surface area contributed by atoms with Crippen LogP contribution in [0.2, 0.25) is 0 Å². The maximum absolute atomic E-state index is 9.43. The lowest BCUT2D eigenvalue weighted by Gasteiger charge is -2.17. The number of hydrogen-bond donors (Lipinski definition) is 2. The third-order valence-electron chi connectivity index (χ3n) is 3.56. The number of benzene rings is 1. The zero-order valence-corrected chi connectivity index (χ0v) is 12.0. The first kappa shape index (κ1) is 14.0. The first-order chi connectivity index (χ1) is 9.15. The van der Waals surface area contributed by atoms with Crippen molar-refractivity contribution in [3.05, 3.63) is 29.6 Å². The van der Waals surface area contributed by atoms with Crippen molar-refractivity contribution in [2.75, 3.05) is 13.2 Å². The minimum Gasteiger partial charge on any atom is -0.395 e. The van der Waals surface area contributed by atoms with Crippen molar-refractivity contribution in [2.24, 2.45) is 0 Å². The lowest BCUT2D eigenvalue weighted by Crippen LogP contribution is -2.36. The lowest BCUT2D eigenvalue weighted by atomic mass is 10.1. The Bertz CT molecular complexity index is 548. The Morgan fingerprint density at radius 1 is 1.32 bits per heavy atom. The van der Waals surface area contributed by atoms with Crippen molar-refractivity contribution in [3.8, 4) is 0 Å². The Morgan fingerprint density at radius 2 is 2.05 bits per heavy atom. The molecule has 4 heteroatoms. The summed E-state index contributed by atoms with van der Waals surface area (Å²) in [5.41, 5.74) is 4.70. The molecule has 2 aromatic rings. The van der Waals surface area contributed by atoms with Crippen LogP contribution in [0.15, 0.2) is 18.5 Å². The smallest absolute Gasteiger partial charge is 0.0958 e. The molecule has 0 radical (unpaired) electrons. The summed E-state index contributed by atoms with van der Waals surface area (Å²) in [7, 11) is 0.